The van der Waals surface area contributed by atoms with Gasteiger partial charge in [0.1, 0.15) is 0 Å². The van der Waals surface area contributed by atoms with E-state index in [1.54, 1.807) is 24.5 Å². The first-order valence-electron chi connectivity index (χ1n) is 8.12. The minimum absolute atomic E-state index is 0.121. The third-order valence-electron chi connectivity index (χ3n) is 3.89. The molecular formula is C18H17Cl2N5OS. The molecular weight excluding hydrogens is 405 g/mol. The van der Waals surface area contributed by atoms with Crippen LogP contribution in [0.2, 0.25) is 10.0 Å². The summed E-state index contributed by atoms with van der Waals surface area (Å²) in [6.07, 6.45) is 3.43. The van der Waals surface area contributed by atoms with Gasteiger partial charge in [0.15, 0.2) is 11.0 Å². The number of rotatable bonds is 6. The Morgan fingerprint density at radius 3 is 2.81 bits per heavy atom. The SMILES string of the molecule is CC(NC(=O)CSc1nnc(-c2cccnc2)n1C)c1ccc(Cl)cc1Cl. The largest absolute Gasteiger partial charge is 0.349 e. The third kappa shape index (κ3) is 4.80. The van der Waals surface area contributed by atoms with Crippen molar-refractivity contribution in [3.8, 4) is 11.4 Å². The molecule has 3 rings (SSSR count). The molecule has 140 valence electrons. The molecule has 0 bridgehead atoms. The van der Waals surface area contributed by atoms with Crippen molar-refractivity contribution >= 4 is 40.9 Å². The number of nitrogens with one attached hydrogen (secondary N) is 1. The molecule has 0 fully saturated rings. The number of nitrogens with zero attached hydrogens (tertiary/aromatic N) is 4. The van der Waals surface area contributed by atoms with Gasteiger partial charge in [-0.05, 0) is 36.8 Å². The zero-order valence-corrected chi connectivity index (χ0v) is 17.0. The molecule has 0 aliphatic rings. The lowest BCUT2D eigenvalue weighted by Gasteiger charge is -2.15. The van der Waals surface area contributed by atoms with E-state index in [-0.39, 0.29) is 17.7 Å². The maximum atomic E-state index is 12.3. The van der Waals surface area contributed by atoms with Crippen LogP contribution in [-0.2, 0) is 11.8 Å². The molecule has 0 spiro atoms. The van der Waals surface area contributed by atoms with E-state index in [4.69, 9.17) is 23.2 Å². The van der Waals surface area contributed by atoms with Crippen molar-refractivity contribution in [3.05, 3.63) is 58.3 Å². The molecule has 0 saturated heterocycles. The Balaban J connectivity index is 1.60. The van der Waals surface area contributed by atoms with Gasteiger partial charge in [-0.25, -0.2) is 0 Å². The van der Waals surface area contributed by atoms with Crippen LogP contribution in [0.3, 0.4) is 0 Å². The summed E-state index contributed by atoms with van der Waals surface area (Å²) in [5.41, 5.74) is 1.69. The van der Waals surface area contributed by atoms with Crippen molar-refractivity contribution in [1.29, 1.82) is 0 Å². The van der Waals surface area contributed by atoms with Crippen molar-refractivity contribution in [2.24, 2.45) is 7.05 Å². The Kier molecular flexibility index (Phi) is 6.36. The van der Waals surface area contributed by atoms with Gasteiger partial charge in [0, 0.05) is 35.1 Å². The highest BCUT2D eigenvalue weighted by atomic mass is 35.5. The Hall–Kier alpha value is -2.09. The fraction of sp³-hybridized carbons (Fsp3) is 0.222. The van der Waals surface area contributed by atoms with Gasteiger partial charge < -0.3 is 9.88 Å². The van der Waals surface area contributed by atoms with Crippen molar-refractivity contribution < 1.29 is 4.79 Å². The fourth-order valence-corrected chi connectivity index (χ4v) is 3.83. The molecule has 9 heteroatoms. The standard InChI is InChI=1S/C18H17Cl2N5OS/c1-11(14-6-5-13(19)8-15(14)20)22-16(26)10-27-18-24-23-17(25(18)2)12-4-3-7-21-9-12/h3-9,11H,10H2,1-2H3,(H,22,26). The maximum Gasteiger partial charge on any atom is 0.230 e. The second-order valence-electron chi connectivity index (χ2n) is 5.85. The number of halogens is 2. The quantitative estimate of drug-likeness (QED) is 0.605. The van der Waals surface area contributed by atoms with E-state index in [2.05, 4.69) is 20.5 Å². The highest BCUT2D eigenvalue weighted by Crippen LogP contribution is 2.26. The van der Waals surface area contributed by atoms with E-state index in [0.717, 1.165) is 11.1 Å². The maximum absolute atomic E-state index is 12.3. The van der Waals surface area contributed by atoms with Crippen LogP contribution in [0.5, 0.6) is 0 Å². The predicted molar refractivity (Wildman–Crippen MR) is 108 cm³/mol. The fourth-order valence-electron chi connectivity index (χ4n) is 2.53. The number of thioether (sulfide) groups is 1. The monoisotopic (exact) mass is 421 g/mol. The topological polar surface area (TPSA) is 72.7 Å². The highest BCUT2D eigenvalue weighted by Gasteiger charge is 2.16. The van der Waals surface area contributed by atoms with E-state index in [9.17, 15) is 4.79 Å². The van der Waals surface area contributed by atoms with E-state index in [1.165, 1.54) is 11.8 Å². The summed E-state index contributed by atoms with van der Waals surface area (Å²) in [7, 11) is 1.86. The second-order valence-corrected chi connectivity index (χ2v) is 7.64. The molecule has 2 aromatic heterocycles. The van der Waals surface area contributed by atoms with Crippen LogP contribution in [0.25, 0.3) is 11.4 Å². The molecule has 1 N–H and O–H groups in total. The zero-order chi connectivity index (χ0) is 19.4. The summed E-state index contributed by atoms with van der Waals surface area (Å²) >= 11 is 13.4. The van der Waals surface area contributed by atoms with Gasteiger partial charge >= 0.3 is 0 Å². The molecule has 2 heterocycles. The van der Waals surface area contributed by atoms with Crippen LogP contribution in [0.15, 0.2) is 47.9 Å². The number of carbonyl (C=O) groups is 1. The van der Waals surface area contributed by atoms with Gasteiger partial charge in [-0.2, -0.15) is 0 Å². The summed E-state index contributed by atoms with van der Waals surface area (Å²) in [6.45, 7) is 1.88. The summed E-state index contributed by atoms with van der Waals surface area (Å²) in [5, 5.41) is 13.0. The van der Waals surface area contributed by atoms with Crippen molar-refractivity contribution in [2.45, 2.75) is 18.1 Å². The van der Waals surface area contributed by atoms with Crippen molar-refractivity contribution in [2.75, 3.05) is 5.75 Å². The Labute approximate surface area is 171 Å². The first kappa shape index (κ1) is 19.7. The normalized spacial score (nSPS) is 12.0. The number of carbonyl (C=O) groups excluding carboxylic acids is 1. The Morgan fingerprint density at radius 2 is 2.11 bits per heavy atom. The molecule has 27 heavy (non-hydrogen) atoms. The van der Waals surface area contributed by atoms with Crippen LogP contribution < -0.4 is 5.32 Å². The molecule has 1 atom stereocenters. The van der Waals surface area contributed by atoms with Gasteiger partial charge in [0.05, 0.1) is 11.8 Å². The molecule has 0 aliphatic carbocycles. The number of aromatic nitrogens is 4. The smallest absolute Gasteiger partial charge is 0.230 e. The average molecular weight is 422 g/mol. The molecule has 1 aromatic carbocycles. The van der Waals surface area contributed by atoms with Crippen molar-refractivity contribution in [3.63, 3.8) is 0 Å². The predicted octanol–water partition coefficient (Wildman–Crippen LogP) is 4.15. The van der Waals surface area contributed by atoms with Gasteiger partial charge in [-0.1, -0.05) is 41.0 Å². The molecule has 6 nitrogen and oxygen atoms in total. The first-order valence-corrected chi connectivity index (χ1v) is 9.86. The number of benzene rings is 1. The van der Waals surface area contributed by atoms with Crippen LogP contribution in [0.1, 0.15) is 18.5 Å². The first-order chi connectivity index (χ1) is 13.0. The molecule has 1 unspecified atom stereocenters. The summed E-state index contributed by atoms with van der Waals surface area (Å²) < 4.78 is 1.84. The number of amides is 1. The van der Waals surface area contributed by atoms with Crippen LogP contribution in [0.4, 0.5) is 0 Å². The molecule has 0 saturated carbocycles. The molecule has 3 aromatic rings. The minimum Gasteiger partial charge on any atom is -0.349 e. The number of hydrogen-bond acceptors (Lipinski definition) is 5. The lowest BCUT2D eigenvalue weighted by molar-refractivity contribution is -0.119. The lowest BCUT2D eigenvalue weighted by Crippen LogP contribution is -2.28. The van der Waals surface area contributed by atoms with Crippen LogP contribution >= 0.6 is 35.0 Å². The second kappa shape index (κ2) is 8.73. The molecule has 0 radical (unpaired) electrons. The molecule has 0 aliphatic heterocycles. The van der Waals surface area contributed by atoms with Crippen molar-refractivity contribution in [1.82, 2.24) is 25.1 Å². The minimum atomic E-state index is -0.228. The summed E-state index contributed by atoms with van der Waals surface area (Å²) in [4.78, 5) is 16.4. The van der Waals surface area contributed by atoms with Gasteiger partial charge in [-0.3, -0.25) is 9.78 Å². The molecule has 1 amide bonds. The summed E-state index contributed by atoms with van der Waals surface area (Å²) in [6, 6.07) is 8.75. The third-order valence-corrected chi connectivity index (χ3v) is 5.48. The number of hydrogen-bond donors (Lipinski definition) is 1. The van der Waals surface area contributed by atoms with Gasteiger partial charge in [0.2, 0.25) is 5.91 Å². The van der Waals surface area contributed by atoms with E-state index in [1.807, 2.05) is 36.7 Å². The Morgan fingerprint density at radius 1 is 1.30 bits per heavy atom. The van der Waals surface area contributed by atoms with Gasteiger partial charge in [0.25, 0.3) is 0 Å². The zero-order valence-electron chi connectivity index (χ0n) is 14.7. The van der Waals surface area contributed by atoms with Gasteiger partial charge in [-0.15, -0.1) is 10.2 Å². The average Bonchev–Trinajstić information content (AvgIpc) is 3.01. The van der Waals surface area contributed by atoms with E-state index >= 15 is 0 Å². The summed E-state index contributed by atoms with van der Waals surface area (Å²) in [5.74, 6) is 0.797. The van der Waals surface area contributed by atoms with E-state index < -0.39 is 0 Å². The van der Waals surface area contributed by atoms with E-state index in [0.29, 0.717) is 21.0 Å². The number of pyridine rings is 1. The Bertz CT molecular complexity index is 948. The van der Waals surface area contributed by atoms with Crippen LogP contribution in [-0.4, -0.2) is 31.4 Å². The van der Waals surface area contributed by atoms with Crippen LogP contribution in [0, 0.1) is 0 Å². The highest BCUT2D eigenvalue weighted by molar-refractivity contribution is 7.99. The lowest BCUT2D eigenvalue weighted by atomic mass is 10.1.